The van der Waals surface area contributed by atoms with Crippen molar-refractivity contribution in [2.75, 3.05) is 11.9 Å². The fourth-order valence-corrected chi connectivity index (χ4v) is 2.44. The topological polar surface area (TPSA) is 33.2 Å². The molecule has 0 saturated heterocycles. The maximum absolute atomic E-state index is 11.4. The number of hydrogen-bond acceptors (Lipinski definition) is 2. The third kappa shape index (κ3) is 3.29. The average molecular weight is 302 g/mol. The Bertz CT molecular complexity index is 861. The average Bonchev–Trinajstić information content (AvgIpc) is 2.59. The summed E-state index contributed by atoms with van der Waals surface area (Å²) < 4.78 is 0. The normalized spacial score (nSPS) is 11.0. The zero-order valence-electron chi connectivity index (χ0n) is 13.2. The van der Waals surface area contributed by atoms with Crippen LogP contribution in [0, 0.1) is 0 Å². The highest BCUT2D eigenvalue weighted by Crippen LogP contribution is 2.20. The van der Waals surface area contributed by atoms with E-state index in [4.69, 9.17) is 0 Å². The highest BCUT2D eigenvalue weighted by Gasteiger charge is 2.04. The number of nitrogens with zero attached hydrogens (tertiary/aromatic N) is 2. The van der Waals surface area contributed by atoms with Crippen LogP contribution < -0.4 is 4.90 Å². The van der Waals surface area contributed by atoms with Gasteiger partial charge < -0.3 is 4.90 Å². The molecule has 3 aromatic rings. The lowest BCUT2D eigenvalue weighted by Crippen LogP contribution is -2.22. The second-order valence-corrected chi connectivity index (χ2v) is 5.42. The van der Waals surface area contributed by atoms with Crippen LogP contribution in [0.3, 0.4) is 0 Å². The van der Waals surface area contributed by atoms with Gasteiger partial charge in [0.15, 0.2) is 0 Å². The van der Waals surface area contributed by atoms with Crippen molar-refractivity contribution in [1.82, 2.24) is 4.98 Å². The molecule has 0 bridgehead atoms. The molecule has 3 rings (SSSR count). The van der Waals surface area contributed by atoms with Gasteiger partial charge in [-0.25, -0.2) is 0 Å². The van der Waals surface area contributed by atoms with Gasteiger partial charge in [-0.3, -0.25) is 9.78 Å². The van der Waals surface area contributed by atoms with E-state index in [-0.39, 0.29) is 5.91 Å². The zero-order valence-corrected chi connectivity index (χ0v) is 13.2. The van der Waals surface area contributed by atoms with Gasteiger partial charge in [0, 0.05) is 31.2 Å². The minimum Gasteiger partial charge on any atom is -0.316 e. The first kappa shape index (κ1) is 15.0. The summed E-state index contributed by atoms with van der Waals surface area (Å²) in [7, 11) is 1.77. The van der Waals surface area contributed by atoms with Crippen molar-refractivity contribution in [2.45, 2.75) is 6.92 Å². The van der Waals surface area contributed by atoms with E-state index in [9.17, 15) is 4.79 Å². The Morgan fingerprint density at radius 3 is 2.48 bits per heavy atom. The third-order valence-electron chi connectivity index (χ3n) is 3.89. The Morgan fingerprint density at radius 1 is 1.00 bits per heavy atom. The molecule has 0 unspecified atom stereocenters. The second kappa shape index (κ2) is 6.44. The van der Waals surface area contributed by atoms with Gasteiger partial charge in [0.2, 0.25) is 5.91 Å². The third-order valence-corrected chi connectivity index (χ3v) is 3.89. The van der Waals surface area contributed by atoms with E-state index in [2.05, 4.69) is 23.2 Å². The van der Waals surface area contributed by atoms with Gasteiger partial charge in [0.25, 0.3) is 0 Å². The number of anilines is 1. The number of para-hydroxylation sites is 1. The summed E-state index contributed by atoms with van der Waals surface area (Å²) in [4.78, 5) is 17.4. The van der Waals surface area contributed by atoms with E-state index in [1.54, 1.807) is 18.9 Å². The van der Waals surface area contributed by atoms with Crippen LogP contribution in [0.15, 0.2) is 60.8 Å². The summed E-state index contributed by atoms with van der Waals surface area (Å²) in [5.41, 5.74) is 4.12. The quantitative estimate of drug-likeness (QED) is 0.719. The molecule has 3 nitrogen and oxygen atoms in total. The van der Waals surface area contributed by atoms with Crippen LogP contribution in [0.2, 0.25) is 0 Å². The minimum atomic E-state index is 0.0246. The Kier molecular flexibility index (Phi) is 4.20. The van der Waals surface area contributed by atoms with Gasteiger partial charge in [-0.15, -0.1) is 0 Å². The van der Waals surface area contributed by atoms with E-state index in [0.717, 1.165) is 27.7 Å². The zero-order chi connectivity index (χ0) is 16.2. The van der Waals surface area contributed by atoms with Gasteiger partial charge in [-0.05, 0) is 35.4 Å². The van der Waals surface area contributed by atoms with Crippen LogP contribution in [0.1, 0.15) is 18.1 Å². The van der Waals surface area contributed by atoms with Crippen LogP contribution in [0.5, 0.6) is 0 Å². The number of pyridine rings is 1. The molecule has 3 heteroatoms. The molecule has 0 fully saturated rings. The van der Waals surface area contributed by atoms with Crippen molar-refractivity contribution in [3.8, 4) is 0 Å². The van der Waals surface area contributed by atoms with Gasteiger partial charge in [0.05, 0.1) is 5.52 Å². The lowest BCUT2D eigenvalue weighted by Gasteiger charge is -2.14. The highest BCUT2D eigenvalue weighted by molar-refractivity contribution is 5.92. The van der Waals surface area contributed by atoms with E-state index in [1.807, 2.05) is 54.7 Å². The summed E-state index contributed by atoms with van der Waals surface area (Å²) in [5, 5.41) is 1.14. The summed E-state index contributed by atoms with van der Waals surface area (Å²) in [6, 6.07) is 18.0. The maximum Gasteiger partial charge on any atom is 0.223 e. The van der Waals surface area contributed by atoms with Crippen LogP contribution in [0.4, 0.5) is 5.69 Å². The van der Waals surface area contributed by atoms with E-state index in [1.165, 1.54) is 0 Å². The second-order valence-electron chi connectivity index (χ2n) is 5.42. The van der Waals surface area contributed by atoms with E-state index in [0.29, 0.717) is 0 Å². The first-order valence-electron chi connectivity index (χ1n) is 7.51. The lowest BCUT2D eigenvalue weighted by molar-refractivity contribution is -0.116. The van der Waals surface area contributed by atoms with E-state index >= 15 is 0 Å². The molecule has 23 heavy (non-hydrogen) atoms. The van der Waals surface area contributed by atoms with Gasteiger partial charge in [-0.2, -0.15) is 0 Å². The van der Waals surface area contributed by atoms with Crippen LogP contribution >= 0.6 is 0 Å². The minimum absolute atomic E-state index is 0.0246. The van der Waals surface area contributed by atoms with Gasteiger partial charge in [0.1, 0.15) is 0 Å². The molecule has 1 heterocycles. The summed E-state index contributed by atoms with van der Waals surface area (Å²) in [6.45, 7) is 1.56. The Labute approximate surface area is 135 Å². The molecule has 0 atom stereocenters. The molecule has 0 aliphatic heterocycles. The molecule has 0 spiro atoms. The van der Waals surface area contributed by atoms with E-state index < -0.39 is 0 Å². The van der Waals surface area contributed by atoms with Crippen LogP contribution in [-0.2, 0) is 4.79 Å². The predicted molar refractivity (Wildman–Crippen MR) is 96.2 cm³/mol. The number of benzene rings is 2. The molecule has 114 valence electrons. The fraction of sp³-hybridized carbons (Fsp3) is 0.100. The smallest absolute Gasteiger partial charge is 0.223 e. The molecule has 0 N–H and O–H groups in total. The Balaban J connectivity index is 1.86. The number of amides is 1. The standard InChI is InChI=1S/C20H18N2O/c1-15(23)22(2)18-11-8-16(9-12-18)7-10-17-13-14-21-20-6-4-3-5-19(17)20/h3-14H,1-2H3. The van der Waals surface area contributed by atoms with Crippen molar-refractivity contribution in [3.63, 3.8) is 0 Å². The first-order chi connectivity index (χ1) is 11.1. The molecular weight excluding hydrogens is 284 g/mol. The number of fused-ring (bicyclic) bond motifs is 1. The van der Waals surface area contributed by atoms with Gasteiger partial charge in [-0.1, -0.05) is 42.5 Å². The Morgan fingerprint density at radius 2 is 1.74 bits per heavy atom. The number of rotatable bonds is 3. The molecular formula is C20H18N2O. The van der Waals surface area contributed by atoms with Gasteiger partial charge >= 0.3 is 0 Å². The number of carbonyl (C=O) groups excluding carboxylic acids is 1. The lowest BCUT2D eigenvalue weighted by atomic mass is 10.1. The molecule has 0 aliphatic rings. The molecule has 0 saturated carbocycles. The molecule has 0 radical (unpaired) electrons. The van der Waals surface area contributed by atoms with Crippen molar-refractivity contribution < 1.29 is 4.79 Å². The van der Waals surface area contributed by atoms with Crippen LogP contribution in [-0.4, -0.2) is 17.9 Å². The molecule has 1 amide bonds. The van der Waals surface area contributed by atoms with Crippen molar-refractivity contribution in [3.05, 3.63) is 71.9 Å². The number of carbonyl (C=O) groups is 1. The summed E-state index contributed by atoms with van der Waals surface area (Å²) in [5.74, 6) is 0.0246. The largest absolute Gasteiger partial charge is 0.316 e. The number of aromatic nitrogens is 1. The van der Waals surface area contributed by atoms with Crippen molar-refractivity contribution in [1.29, 1.82) is 0 Å². The first-order valence-corrected chi connectivity index (χ1v) is 7.51. The summed E-state index contributed by atoms with van der Waals surface area (Å²) in [6.07, 6.45) is 5.99. The molecule has 0 aliphatic carbocycles. The SMILES string of the molecule is CC(=O)N(C)c1ccc(C=Cc2ccnc3ccccc23)cc1. The van der Waals surface area contributed by atoms with Crippen molar-refractivity contribution >= 4 is 34.6 Å². The molecule has 1 aromatic heterocycles. The maximum atomic E-state index is 11.4. The highest BCUT2D eigenvalue weighted by atomic mass is 16.2. The fourth-order valence-electron chi connectivity index (χ4n) is 2.44. The monoisotopic (exact) mass is 302 g/mol. The predicted octanol–water partition coefficient (Wildman–Crippen LogP) is 4.39. The van der Waals surface area contributed by atoms with Crippen molar-refractivity contribution in [2.24, 2.45) is 0 Å². The molecule has 2 aromatic carbocycles. The van der Waals surface area contributed by atoms with Crippen LogP contribution in [0.25, 0.3) is 23.1 Å². The Hall–Kier alpha value is -2.94. The number of hydrogen-bond donors (Lipinski definition) is 0. The summed E-state index contributed by atoms with van der Waals surface area (Å²) >= 11 is 0.